The summed E-state index contributed by atoms with van der Waals surface area (Å²) in [6.07, 6.45) is -4.20. The number of aliphatic hydroxyl groups excluding tert-OH is 1. The van der Waals surface area contributed by atoms with Crippen LogP contribution in [0.5, 0.6) is 0 Å². The molecule has 0 aliphatic carbocycles. The maximum Gasteiger partial charge on any atom is 0.389 e. The second kappa shape index (κ2) is 5.71. The van der Waals surface area contributed by atoms with Crippen LogP contribution >= 0.6 is 11.8 Å². The highest BCUT2D eigenvalue weighted by Gasteiger charge is 2.25. The number of alkyl halides is 3. The highest BCUT2D eigenvalue weighted by Crippen LogP contribution is 2.21. The smallest absolute Gasteiger partial charge is 0.389 e. The van der Waals surface area contributed by atoms with Gasteiger partial charge in [0, 0.05) is 12.4 Å². The standard InChI is InChI=1S/C6H11F3OS/c7-6(8,9)2-5-11-4-1-3-10/h10H,1-5H2. The van der Waals surface area contributed by atoms with Gasteiger partial charge in [-0.3, -0.25) is 0 Å². The maximum atomic E-state index is 11.5. The Morgan fingerprint density at radius 2 is 1.82 bits per heavy atom. The molecule has 0 aromatic carbocycles. The molecule has 5 heteroatoms. The van der Waals surface area contributed by atoms with Gasteiger partial charge in [-0.15, -0.1) is 0 Å². The highest BCUT2D eigenvalue weighted by molar-refractivity contribution is 7.99. The minimum atomic E-state index is -4.04. The van der Waals surface area contributed by atoms with Crippen LogP contribution in [-0.2, 0) is 0 Å². The van der Waals surface area contributed by atoms with Crippen molar-refractivity contribution in [2.75, 3.05) is 18.1 Å². The van der Waals surface area contributed by atoms with E-state index in [0.717, 1.165) is 0 Å². The van der Waals surface area contributed by atoms with Crippen molar-refractivity contribution in [2.45, 2.75) is 19.0 Å². The molecule has 0 spiro atoms. The van der Waals surface area contributed by atoms with Crippen molar-refractivity contribution >= 4 is 11.8 Å². The Bertz CT molecular complexity index is 94.3. The zero-order valence-corrected chi connectivity index (χ0v) is 6.84. The maximum absolute atomic E-state index is 11.5. The van der Waals surface area contributed by atoms with Gasteiger partial charge in [-0.05, 0) is 12.2 Å². The molecule has 0 unspecified atom stereocenters. The topological polar surface area (TPSA) is 20.2 Å². The summed E-state index contributed by atoms with van der Waals surface area (Å²) in [5, 5.41) is 8.29. The molecule has 68 valence electrons. The Hall–Kier alpha value is 0.100. The molecule has 0 atom stereocenters. The van der Waals surface area contributed by atoms with E-state index in [-0.39, 0.29) is 12.4 Å². The van der Waals surface area contributed by atoms with Crippen LogP contribution < -0.4 is 0 Å². The monoisotopic (exact) mass is 188 g/mol. The Balaban J connectivity index is 3.02. The SMILES string of the molecule is OCCCSCCC(F)(F)F. The van der Waals surface area contributed by atoms with Gasteiger partial charge in [-0.25, -0.2) is 0 Å². The van der Waals surface area contributed by atoms with Crippen LogP contribution in [0.2, 0.25) is 0 Å². The third-order valence-corrected chi connectivity index (χ3v) is 2.05. The van der Waals surface area contributed by atoms with E-state index in [1.54, 1.807) is 0 Å². The first-order valence-electron chi connectivity index (χ1n) is 3.31. The molecule has 0 radical (unpaired) electrons. The largest absolute Gasteiger partial charge is 0.396 e. The normalized spacial score (nSPS) is 12.0. The van der Waals surface area contributed by atoms with E-state index < -0.39 is 12.6 Å². The average molecular weight is 188 g/mol. The lowest BCUT2D eigenvalue weighted by Crippen LogP contribution is -2.08. The van der Waals surface area contributed by atoms with Crippen LogP contribution in [0.4, 0.5) is 13.2 Å². The molecular weight excluding hydrogens is 177 g/mol. The van der Waals surface area contributed by atoms with E-state index in [4.69, 9.17) is 5.11 Å². The second-order valence-electron chi connectivity index (χ2n) is 2.05. The number of halogens is 3. The van der Waals surface area contributed by atoms with E-state index in [2.05, 4.69) is 0 Å². The molecule has 0 saturated heterocycles. The minimum Gasteiger partial charge on any atom is -0.396 e. The van der Waals surface area contributed by atoms with Crippen molar-refractivity contribution in [3.63, 3.8) is 0 Å². The molecule has 0 aliphatic rings. The van der Waals surface area contributed by atoms with Crippen molar-refractivity contribution in [2.24, 2.45) is 0 Å². The van der Waals surface area contributed by atoms with Crippen molar-refractivity contribution in [1.82, 2.24) is 0 Å². The van der Waals surface area contributed by atoms with Gasteiger partial charge in [-0.1, -0.05) is 0 Å². The number of rotatable bonds is 5. The summed E-state index contributed by atoms with van der Waals surface area (Å²) >= 11 is 1.22. The van der Waals surface area contributed by atoms with Crippen molar-refractivity contribution in [3.8, 4) is 0 Å². The molecule has 1 nitrogen and oxygen atoms in total. The van der Waals surface area contributed by atoms with E-state index in [0.29, 0.717) is 12.2 Å². The minimum absolute atomic E-state index is 0.0546. The summed E-state index contributed by atoms with van der Waals surface area (Å²) in [4.78, 5) is 0. The summed E-state index contributed by atoms with van der Waals surface area (Å²) < 4.78 is 34.5. The average Bonchev–Trinajstić information content (AvgIpc) is 1.85. The number of thioether (sulfide) groups is 1. The van der Waals surface area contributed by atoms with Crippen LogP contribution in [0.1, 0.15) is 12.8 Å². The lowest BCUT2D eigenvalue weighted by Gasteiger charge is -2.04. The lowest BCUT2D eigenvalue weighted by molar-refractivity contribution is -0.129. The summed E-state index contributed by atoms with van der Waals surface area (Å²) in [5.74, 6) is 0.704. The molecular formula is C6H11F3OS. The summed E-state index contributed by atoms with van der Waals surface area (Å²) in [6, 6.07) is 0. The summed E-state index contributed by atoms with van der Waals surface area (Å²) in [6.45, 7) is 0.0546. The Labute approximate surface area is 68.0 Å². The van der Waals surface area contributed by atoms with Gasteiger partial charge in [0.15, 0.2) is 0 Å². The predicted octanol–water partition coefficient (Wildman–Crippen LogP) is 2.05. The molecule has 0 saturated carbocycles. The molecule has 0 aromatic rings. The zero-order valence-electron chi connectivity index (χ0n) is 6.02. The number of hydrogen-bond donors (Lipinski definition) is 1. The fourth-order valence-electron chi connectivity index (χ4n) is 0.457. The van der Waals surface area contributed by atoms with Gasteiger partial charge in [0.25, 0.3) is 0 Å². The van der Waals surface area contributed by atoms with Gasteiger partial charge in [0.05, 0.1) is 6.42 Å². The highest BCUT2D eigenvalue weighted by atomic mass is 32.2. The Morgan fingerprint density at radius 1 is 1.18 bits per heavy atom. The number of aliphatic hydroxyl groups is 1. The Morgan fingerprint density at radius 3 is 2.27 bits per heavy atom. The van der Waals surface area contributed by atoms with Gasteiger partial charge in [0.1, 0.15) is 0 Å². The van der Waals surface area contributed by atoms with Crippen molar-refractivity contribution < 1.29 is 18.3 Å². The van der Waals surface area contributed by atoms with Crippen LogP contribution in [0.15, 0.2) is 0 Å². The van der Waals surface area contributed by atoms with Crippen LogP contribution in [0.25, 0.3) is 0 Å². The molecule has 11 heavy (non-hydrogen) atoms. The Kier molecular flexibility index (Phi) is 5.76. The second-order valence-corrected chi connectivity index (χ2v) is 3.28. The molecule has 0 aliphatic heterocycles. The first kappa shape index (κ1) is 11.1. The molecule has 0 heterocycles. The van der Waals surface area contributed by atoms with Crippen molar-refractivity contribution in [3.05, 3.63) is 0 Å². The summed E-state index contributed by atoms with van der Waals surface area (Å²) in [7, 11) is 0. The molecule has 0 bridgehead atoms. The van der Waals surface area contributed by atoms with Gasteiger partial charge in [0.2, 0.25) is 0 Å². The van der Waals surface area contributed by atoms with E-state index >= 15 is 0 Å². The van der Waals surface area contributed by atoms with Crippen LogP contribution in [-0.4, -0.2) is 29.4 Å². The fraction of sp³-hybridized carbons (Fsp3) is 1.00. The first-order chi connectivity index (χ1) is 5.06. The molecule has 0 rings (SSSR count). The molecule has 0 fully saturated rings. The van der Waals surface area contributed by atoms with Crippen LogP contribution in [0.3, 0.4) is 0 Å². The van der Waals surface area contributed by atoms with E-state index in [1.165, 1.54) is 11.8 Å². The van der Waals surface area contributed by atoms with E-state index in [1.807, 2.05) is 0 Å². The van der Waals surface area contributed by atoms with Crippen molar-refractivity contribution in [1.29, 1.82) is 0 Å². The fourth-order valence-corrected chi connectivity index (χ4v) is 1.37. The summed E-state index contributed by atoms with van der Waals surface area (Å²) in [5.41, 5.74) is 0. The quantitative estimate of drug-likeness (QED) is 0.666. The molecule has 0 aromatic heterocycles. The first-order valence-corrected chi connectivity index (χ1v) is 4.47. The number of hydrogen-bond acceptors (Lipinski definition) is 2. The zero-order chi connectivity index (χ0) is 8.74. The van der Waals surface area contributed by atoms with E-state index in [9.17, 15) is 13.2 Å². The lowest BCUT2D eigenvalue weighted by atomic mass is 10.5. The predicted molar refractivity (Wildman–Crippen MR) is 39.7 cm³/mol. The molecule has 1 N–H and O–H groups in total. The molecule has 0 amide bonds. The third kappa shape index (κ3) is 10.1. The van der Waals surface area contributed by atoms with Crippen LogP contribution in [0, 0.1) is 0 Å². The van der Waals surface area contributed by atoms with Gasteiger partial charge in [-0.2, -0.15) is 24.9 Å². The third-order valence-electron chi connectivity index (χ3n) is 0.977. The van der Waals surface area contributed by atoms with Gasteiger partial charge < -0.3 is 5.11 Å². The van der Waals surface area contributed by atoms with Gasteiger partial charge >= 0.3 is 6.18 Å².